The van der Waals surface area contributed by atoms with Crippen molar-refractivity contribution in [1.82, 2.24) is 8.75 Å². The summed E-state index contributed by atoms with van der Waals surface area (Å²) in [4.78, 5) is 22.4. The zero-order valence-electron chi connectivity index (χ0n) is 9.16. The minimum atomic E-state index is -0.443. The molecule has 0 saturated heterocycles. The van der Waals surface area contributed by atoms with E-state index < -0.39 is 5.91 Å². The standard InChI is InChI=1S/C10H7Cl2N3O2S/c1-4(16)2-7(17)13-8-5(11)3-6(12)9-10(8)15-18-14-9/h3H,2H2,1H3,(H,13,17). The van der Waals surface area contributed by atoms with E-state index in [1.165, 1.54) is 13.0 Å². The van der Waals surface area contributed by atoms with E-state index in [1.54, 1.807) is 0 Å². The third-order valence-electron chi connectivity index (χ3n) is 2.12. The molecule has 0 aliphatic heterocycles. The van der Waals surface area contributed by atoms with Crippen molar-refractivity contribution in [3.8, 4) is 0 Å². The number of fused-ring (bicyclic) bond motifs is 1. The lowest BCUT2D eigenvalue weighted by atomic mass is 10.2. The SMILES string of the molecule is CC(=O)CC(=O)Nc1c(Cl)cc(Cl)c2nsnc12. The minimum absolute atomic E-state index is 0.210. The first-order chi connectivity index (χ1) is 8.49. The van der Waals surface area contributed by atoms with E-state index in [9.17, 15) is 9.59 Å². The van der Waals surface area contributed by atoms with Gasteiger partial charge in [0.2, 0.25) is 5.91 Å². The molecule has 0 saturated carbocycles. The molecular weight excluding hydrogens is 297 g/mol. The molecule has 1 amide bonds. The topological polar surface area (TPSA) is 72.0 Å². The van der Waals surface area contributed by atoms with Gasteiger partial charge in [0.05, 0.1) is 33.9 Å². The van der Waals surface area contributed by atoms with Gasteiger partial charge in [-0.1, -0.05) is 23.2 Å². The Balaban J connectivity index is 2.41. The molecule has 0 fully saturated rings. The minimum Gasteiger partial charge on any atom is -0.323 e. The van der Waals surface area contributed by atoms with E-state index in [-0.39, 0.29) is 17.2 Å². The molecule has 2 aromatic rings. The van der Waals surface area contributed by atoms with E-state index >= 15 is 0 Å². The number of carbonyl (C=O) groups is 2. The van der Waals surface area contributed by atoms with E-state index in [0.717, 1.165) is 11.7 Å². The van der Waals surface area contributed by atoms with Crippen molar-refractivity contribution in [1.29, 1.82) is 0 Å². The quantitative estimate of drug-likeness (QED) is 0.885. The molecule has 0 spiro atoms. The second-order valence-corrected chi connectivity index (χ2v) is 4.95. The molecule has 0 atom stereocenters. The fourth-order valence-corrected chi connectivity index (χ4v) is 2.56. The van der Waals surface area contributed by atoms with E-state index in [1.807, 2.05) is 0 Å². The maximum atomic E-state index is 11.6. The van der Waals surface area contributed by atoms with Gasteiger partial charge in [0.25, 0.3) is 0 Å². The molecule has 1 heterocycles. The first kappa shape index (κ1) is 13.2. The predicted octanol–water partition coefficient (Wildman–Crippen LogP) is 2.92. The van der Waals surface area contributed by atoms with Crippen molar-refractivity contribution in [3.05, 3.63) is 16.1 Å². The number of rotatable bonds is 3. The van der Waals surface area contributed by atoms with Crippen LogP contribution < -0.4 is 5.32 Å². The highest BCUT2D eigenvalue weighted by molar-refractivity contribution is 7.00. The number of amides is 1. The van der Waals surface area contributed by atoms with Gasteiger partial charge in [0, 0.05) is 0 Å². The molecule has 94 valence electrons. The second kappa shape index (κ2) is 5.17. The summed E-state index contributed by atoms with van der Waals surface area (Å²) in [6, 6.07) is 1.48. The Hall–Kier alpha value is -1.24. The summed E-state index contributed by atoms with van der Waals surface area (Å²) in [7, 11) is 0. The number of carbonyl (C=O) groups excluding carboxylic acids is 2. The molecule has 0 radical (unpaired) electrons. The summed E-state index contributed by atoms with van der Waals surface area (Å²) in [5.74, 6) is -0.675. The fraction of sp³-hybridized carbons (Fsp3) is 0.200. The van der Waals surface area contributed by atoms with Crippen LogP contribution >= 0.6 is 34.9 Å². The third-order valence-corrected chi connectivity index (χ3v) is 3.23. The Labute approximate surface area is 116 Å². The fourth-order valence-electron chi connectivity index (χ4n) is 1.40. The Kier molecular flexibility index (Phi) is 3.79. The molecule has 1 aromatic carbocycles. The summed E-state index contributed by atoms with van der Waals surface area (Å²) >= 11 is 12.9. The van der Waals surface area contributed by atoms with Gasteiger partial charge in [-0.3, -0.25) is 9.59 Å². The first-order valence-corrected chi connectivity index (χ1v) is 6.37. The predicted molar refractivity (Wildman–Crippen MR) is 71.4 cm³/mol. The number of benzene rings is 1. The third kappa shape index (κ3) is 2.60. The van der Waals surface area contributed by atoms with Crippen LogP contribution in [-0.2, 0) is 9.59 Å². The van der Waals surface area contributed by atoms with Crippen LogP contribution in [0.3, 0.4) is 0 Å². The van der Waals surface area contributed by atoms with Gasteiger partial charge in [0.15, 0.2) is 0 Å². The molecule has 2 rings (SSSR count). The summed E-state index contributed by atoms with van der Waals surface area (Å²) in [6.45, 7) is 1.34. The number of halogens is 2. The summed E-state index contributed by atoms with van der Waals surface area (Å²) < 4.78 is 8.04. The number of anilines is 1. The number of hydrogen-bond donors (Lipinski definition) is 1. The van der Waals surface area contributed by atoms with Gasteiger partial charge < -0.3 is 5.32 Å². The molecule has 0 bridgehead atoms. The Morgan fingerprint density at radius 3 is 2.61 bits per heavy atom. The van der Waals surface area contributed by atoms with Gasteiger partial charge in [-0.15, -0.1) is 0 Å². The zero-order valence-corrected chi connectivity index (χ0v) is 11.5. The molecule has 8 heteroatoms. The van der Waals surface area contributed by atoms with Crippen LogP contribution in [0.4, 0.5) is 5.69 Å². The highest BCUT2D eigenvalue weighted by Gasteiger charge is 2.16. The van der Waals surface area contributed by atoms with E-state index in [0.29, 0.717) is 21.7 Å². The van der Waals surface area contributed by atoms with Crippen molar-refractivity contribution >= 4 is 63.3 Å². The van der Waals surface area contributed by atoms with Crippen LogP contribution in [0, 0.1) is 0 Å². The second-order valence-electron chi connectivity index (χ2n) is 3.60. The number of nitrogens with one attached hydrogen (secondary N) is 1. The highest BCUT2D eigenvalue weighted by atomic mass is 35.5. The molecule has 0 unspecified atom stereocenters. The zero-order chi connectivity index (χ0) is 13.3. The van der Waals surface area contributed by atoms with Crippen LogP contribution in [-0.4, -0.2) is 20.4 Å². The lowest BCUT2D eigenvalue weighted by Crippen LogP contribution is -2.15. The van der Waals surface area contributed by atoms with Crippen molar-refractivity contribution in [2.75, 3.05) is 5.32 Å². The van der Waals surface area contributed by atoms with Gasteiger partial charge in [0.1, 0.15) is 16.8 Å². The molecule has 0 aliphatic rings. The highest BCUT2D eigenvalue weighted by Crippen LogP contribution is 2.35. The molecular formula is C10H7Cl2N3O2S. The van der Waals surface area contributed by atoms with Gasteiger partial charge >= 0.3 is 0 Å². The van der Waals surface area contributed by atoms with Gasteiger partial charge in [-0.2, -0.15) is 8.75 Å². The van der Waals surface area contributed by atoms with Crippen LogP contribution in [0.15, 0.2) is 6.07 Å². The smallest absolute Gasteiger partial charge is 0.231 e. The Bertz CT molecular complexity index is 641. The molecule has 1 aromatic heterocycles. The summed E-state index contributed by atoms with van der Waals surface area (Å²) in [5.41, 5.74) is 1.23. The molecule has 5 nitrogen and oxygen atoms in total. The van der Waals surface area contributed by atoms with Crippen molar-refractivity contribution in [2.45, 2.75) is 13.3 Å². The van der Waals surface area contributed by atoms with Gasteiger partial charge in [-0.05, 0) is 13.0 Å². The largest absolute Gasteiger partial charge is 0.323 e. The number of hydrogen-bond acceptors (Lipinski definition) is 5. The number of nitrogens with zero attached hydrogens (tertiary/aromatic N) is 2. The van der Waals surface area contributed by atoms with Gasteiger partial charge in [-0.25, -0.2) is 0 Å². The van der Waals surface area contributed by atoms with Crippen LogP contribution in [0.5, 0.6) is 0 Å². The number of Topliss-reactive ketones (excluding diaryl/α,β-unsaturated/α-hetero) is 1. The van der Waals surface area contributed by atoms with Crippen LogP contribution in [0.25, 0.3) is 11.0 Å². The average Bonchev–Trinajstić information content (AvgIpc) is 2.72. The molecule has 18 heavy (non-hydrogen) atoms. The summed E-state index contributed by atoms with van der Waals surface area (Å²) in [5, 5.41) is 3.18. The summed E-state index contributed by atoms with van der Waals surface area (Å²) in [6.07, 6.45) is -0.210. The lowest BCUT2D eigenvalue weighted by Gasteiger charge is -2.07. The molecule has 1 N–H and O–H groups in total. The number of ketones is 1. The Morgan fingerprint density at radius 2 is 1.94 bits per heavy atom. The van der Waals surface area contributed by atoms with Crippen molar-refractivity contribution < 1.29 is 9.59 Å². The molecule has 0 aliphatic carbocycles. The number of aromatic nitrogens is 2. The van der Waals surface area contributed by atoms with E-state index in [2.05, 4.69) is 14.1 Å². The lowest BCUT2D eigenvalue weighted by molar-refractivity contribution is -0.124. The van der Waals surface area contributed by atoms with Crippen LogP contribution in [0.2, 0.25) is 10.0 Å². The monoisotopic (exact) mass is 303 g/mol. The maximum absolute atomic E-state index is 11.6. The maximum Gasteiger partial charge on any atom is 0.231 e. The van der Waals surface area contributed by atoms with Crippen molar-refractivity contribution in [2.24, 2.45) is 0 Å². The van der Waals surface area contributed by atoms with Crippen LogP contribution in [0.1, 0.15) is 13.3 Å². The first-order valence-electron chi connectivity index (χ1n) is 4.88. The Morgan fingerprint density at radius 1 is 1.28 bits per heavy atom. The normalized spacial score (nSPS) is 10.6. The average molecular weight is 304 g/mol. The van der Waals surface area contributed by atoms with Crippen molar-refractivity contribution in [3.63, 3.8) is 0 Å². The van der Waals surface area contributed by atoms with E-state index in [4.69, 9.17) is 23.2 Å².